The lowest BCUT2D eigenvalue weighted by Gasteiger charge is -2.34. The Bertz CT molecular complexity index is 400. The first-order valence-corrected chi connectivity index (χ1v) is 6.15. The Morgan fingerprint density at radius 2 is 2.11 bits per heavy atom. The minimum Gasteiger partial charge on any atom is -0.496 e. The first-order valence-electron chi connectivity index (χ1n) is 6.15. The Kier molecular flexibility index (Phi) is 6.51. The minimum atomic E-state index is -0.306. The number of aliphatic hydroxyl groups excluding tert-OH is 1. The van der Waals surface area contributed by atoms with E-state index in [4.69, 9.17) is 4.74 Å². The summed E-state index contributed by atoms with van der Waals surface area (Å²) in [5.74, 6) is 0.313. The molecule has 4 nitrogen and oxygen atoms in total. The van der Waals surface area contributed by atoms with Crippen LogP contribution < -0.4 is 10.1 Å². The van der Waals surface area contributed by atoms with Crippen molar-refractivity contribution in [2.45, 2.75) is 6.04 Å². The molecule has 0 unspecified atom stereocenters. The topological polar surface area (TPSA) is 44.7 Å². The molecule has 6 heteroatoms. The molecule has 1 atom stereocenters. The third kappa shape index (κ3) is 3.79. The summed E-state index contributed by atoms with van der Waals surface area (Å²) in [6.07, 6.45) is 0. The Morgan fingerprint density at radius 1 is 1.42 bits per heavy atom. The molecule has 1 aromatic carbocycles. The zero-order valence-corrected chi connectivity index (χ0v) is 11.8. The zero-order chi connectivity index (χ0) is 13.0. The lowest BCUT2D eigenvalue weighted by molar-refractivity contribution is 0.108. The zero-order valence-electron chi connectivity index (χ0n) is 10.9. The second-order valence-corrected chi connectivity index (χ2v) is 4.37. The molecule has 0 bridgehead atoms. The summed E-state index contributed by atoms with van der Waals surface area (Å²) in [5.41, 5.74) is 0.710. The van der Waals surface area contributed by atoms with Crippen molar-refractivity contribution in [1.82, 2.24) is 10.2 Å². The van der Waals surface area contributed by atoms with Gasteiger partial charge < -0.3 is 15.2 Å². The third-order valence-corrected chi connectivity index (χ3v) is 3.32. The van der Waals surface area contributed by atoms with Gasteiger partial charge in [-0.1, -0.05) is 0 Å². The van der Waals surface area contributed by atoms with E-state index in [1.54, 1.807) is 13.2 Å². The standard InChI is InChI=1S/C13H19FN2O2.ClH/c1-18-13-3-2-10(14)8-11(13)12(9-17)16-6-4-15-5-7-16;/h2-3,8,12,15,17H,4-7,9H2,1H3;1H/t12-;/m1./s1. The molecule has 1 aliphatic heterocycles. The van der Waals surface area contributed by atoms with Crippen LogP contribution in [0.4, 0.5) is 4.39 Å². The maximum atomic E-state index is 13.4. The number of benzene rings is 1. The van der Waals surface area contributed by atoms with Gasteiger partial charge in [0.15, 0.2) is 0 Å². The Balaban J connectivity index is 0.00000180. The van der Waals surface area contributed by atoms with Crippen molar-refractivity contribution in [3.8, 4) is 5.75 Å². The number of hydrogen-bond acceptors (Lipinski definition) is 4. The van der Waals surface area contributed by atoms with Gasteiger partial charge in [0.05, 0.1) is 19.8 Å². The van der Waals surface area contributed by atoms with Crippen LogP contribution in [0.1, 0.15) is 11.6 Å². The van der Waals surface area contributed by atoms with Crippen LogP contribution in [0.3, 0.4) is 0 Å². The Morgan fingerprint density at radius 3 is 2.68 bits per heavy atom. The van der Waals surface area contributed by atoms with Gasteiger partial charge in [-0.05, 0) is 18.2 Å². The molecule has 0 aliphatic carbocycles. The highest BCUT2D eigenvalue weighted by molar-refractivity contribution is 5.85. The molecule has 1 aromatic rings. The van der Waals surface area contributed by atoms with E-state index in [1.807, 2.05) is 0 Å². The van der Waals surface area contributed by atoms with Crippen molar-refractivity contribution in [3.63, 3.8) is 0 Å². The van der Waals surface area contributed by atoms with Crippen LogP contribution in [0.2, 0.25) is 0 Å². The SMILES string of the molecule is COc1ccc(F)cc1[C@@H](CO)N1CCNCC1.Cl. The van der Waals surface area contributed by atoms with Crippen LogP contribution in [0.25, 0.3) is 0 Å². The van der Waals surface area contributed by atoms with E-state index in [2.05, 4.69) is 10.2 Å². The molecule has 0 amide bonds. The van der Waals surface area contributed by atoms with Gasteiger partial charge in [-0.25, -0.2) is 4.39 Å². The average molecular weight is 291 g/mol. The number of rotatable bonds is 4. The summed E-state index contributed by atoms with van der Waals surface area (Å²) < 4.78 is 18.6. The smallest absolute Gasteiger partial charge is 0.123 e. The van der Waals surface area contributed by atoms with Crippen LogP contribution in [0.15, 0.2) is 18.2 Å². The molecule has 1 saturated heterocycles. The Hall–Kier alpha value is -0.880. The van der Waals surface area contributed by atoms with Gasteiger partial charge in [-0.2, -0.15) is 0 Å². The highest BCUT2D eigenvalue weighted by Crippen LogP contribution is 2.30. The van der Waals surface area contributed by atoms with E-state index in [-0.39, 0.29) is 30.9 Å². The van der Waals surface area contributed by atoms with E-state index >= 15 is 0 Å². The molecule has 0 saturated carbocycles. The van der Waals surface area contributed by atoms with Crippen LogP contribution in [-0.2, 0) is 0 Å². The fraction of sp³-hybridized carbons (Fsp3) is 0.538. The molecule has 2 N–H and O–H groups in total. The number of aliphatic hydroxyl groups is 1. The van der Waals surface area contributed by atoms with Crippen LogP contribution in [0, 0.1) is 5.82 Å². The predicted molar refractivity (Wildman–Crippen MR) is 74.5 cm³/mol. The molecule has 108 valence electrons. The first-order chi connectivity index (χ1) is 8.76. The maximum Gasteiger partial charge on any atom is 0.123 e. The third-order valence-electron chi connectivity index (χ3n) is 3.32. The van der Waals surface area contributed by atoms with Gasteiger partial charge >= 0.3 is 0 Å². The fourth-order valence-electron chi connectivity index (χ4n) is 2.37. The van der Waals surface area contributed by atoms with E-state index in [0.29, 0.717) is 11.3 Å². The van der Waals surface area contributed by atoms with Crippen molar-refractivity contribution in [1.29, 1.82) is 0 Å². The molecule has 1 heterocycles. The molecule has 1 aliphatic rings. The molecule has 2 rings (SSSR count). The van der Waals surface area contributed by atoms with E-state index in [9.17, 15) is 9.50 Å². The highest BCUT2D eigenvalue weighted by atomic mass is 35.5. The quantitative estimate of drug-likeness (QED) is 0.874. The lowest BCUT2D eigenvalue weighted by Crippen LogP contribution is -2.46. The number of hydrogen-bond donors (Lipinski definition) is 2. The van der Waals surface area contributed by atoms with Gasteiger partial charge in [0.2, 0.25) is 0 Å². The van der Waals surface area contributed by atoms with Crippen LogP contribution in [0.5, 0.6) is 5.75 Å². The second-order valence-electron chi connectivity index (χ2n) is 4.37. The van der Waals surface area contributed by atoms with Gasteiger partial charge in [0.25, 0.3) is 0 Å². The number of ether oxygens (including phenoxy) is 1. The van der Waals surface area contributed by atoms with Gasteiger partial charge in [-0.15, -0.1) is 12.4 Å². The second kappa shape index (κ2) is 7.65. The maximum absolute atomic E-state index is 13.4. The van der Waals surface area contributed by atoms with Gasteiger partial charge in [0, 0.05) is 31.7 Å². The number of methoxy groups -OCH3 is 1. The van der Waals surface area contributed by atoms with Crippen molar-refractivity contribution in [2.75, 3.05) is 39.9 Å². The fourth-order valence-corrected chi connectivity index (χ4v) is 2.37. The summed E-state index contributed by atoms with van der Waals surface area (Å²) in [6.45, 7) is 3.40. The van der Waals surface area contributed by atoms with E-state index in [1.165, 1.54) is 12.1 Å². The van der Waals surface area contributed by atoms with E-state index in [0.717, 1.165) is 26.2 Å². The van der Waals surface area contributed by atoms with Gasteiger partial charge in [-0.3, -0.25) is 4.90 Å². The molecule has 19 heavy (non-hydrogen) atoms. The van der Waals surface area contributed by atoms with Crippen LogP contribution in [-0.4, -0.2) is 49.9 Å². The minimum absolute atomic E-state index is 0. The van der Waals surface area contributed by atoms with Crippen molar-refractivity contribution < 1.29 is 14.2 Å². The van der Waals surface area contributed by atoms with Crippen molar-refractivity contribution in [3.05, 3.63) is 29.6 Å². The van der Waals surface area contributed by atoms with Crippen molar-refractivity contribution >= 4 is 12.4 Å². The largest absolute Gasteiger partial charge is 0.496 e. The first kappa shape index (κ1) is 16.2. The molecule has 1 fully saturated rings. The molecule has 0 aromatic heterocycles. The number of piperazine rings is 1. The summed E-state index contributed by atoms with van der Waals surface area (Å²) in [5, 5.41) is 12.9. The summed E-state index contributed by atoms with van der Waals surface area (Å²) in [7, 11) is 1.56. The summed E-state index contributed by atoms with van der Waals surface area (Å²) in [4.78, 5) is 2.15. The highest BCUT2D eigenvalue weighted by Gasteiger charge is 2.24. The molecular weight excluding hydrogens is 271 g/mol. The summed E-state index contributed by atoms with van der Waals surface area (Å²) >= 11 is 0. The number of nitrogens with one attached hydrogen (secondary N) is 1. The normalized spacial score (nSPS) is 17.6. The lowest BCUT2D eigenvalue weighted by atomic mass is 10.0. The van der Waals surface area contributed by atoms with Gasteiger partial charge in [0.1, 0.15) is 11.6 Å². The monoisotopic (exact) mass is 290 g/mol. The summed E-state index contributed by atoms with van der Waals surface area (Å²) in [6, 6.07) is 4.21. The molecule has 0 spiro atoms. The Labute approximate surface area is 119 Å². The molecule has 0 radical (unpaired) electrons. The average Bonchev–Trinajstić information content (AvgIpc) is 2.41. The van der Waals surface area contributed by atoms with Crippen LogP contribution >= 0.6 is 12.4 Å². The number of nitrogens with zero attached hydrogens (tertiary/aromatic N) is 1. The molecular formula is C13H20ClFN2O2. The predicted octanol–water partition coefficient (Wildman–Crippen LogP) is 1.19. The van der Waals surface area contributed by atoms with Crippen molar-refractivity contribution in [2.24, 2.45) is 0 Å². The van der Waals surface area contributed by atoms with E-state index < -0.39 is 0 Å². The number of halogens is 2.